The second kappa shape index (κ2) is 8.51. The smallest absolute Gasteiger partial charge is 0.236 e. The van der Waals surface area contributed by atoms with Gasteiger partial charge in [-0.25, -0.2) is 9.97 Å². The first-order valence-electron chi connectivity index (χ1n) is 14.3. The van der Waals surface area contributed by atoms with E-state index in [2.05, 4.69) is 120 Å². The van der Waals surface area contributed by atoms with Crippen molar-refractivity contribution < 1.29 is 4.42 Å². The fourth-order valence-electron chi connectivity index (χ4n) is 6.71. The number of benzene rings is 6. The number of hydrogen-bond donors (Lipinski definition) is 0. The van der Waals surface area contributed by atoms with E-state index in [9.17, 15) is 0 Å². The second-order valence-electron chi connectivity index (χ2n) is 11.0. The maximum atomic E-state index is 6.27. The van der Waals surface area contributed by atoms with Crippen molar-refractivity contribution in [3.63, 3.8) is 0 Å². The third-order valence-corrected chi connectivity index (χ3v) is 9.75. The Balaban J connectivity index is 1.38. The molecule has 0 aliphatic carbocycles. The van der Waals surface area contributed by atoms with Gasteiger partial charge in [-0.2, -0.15) is 0 Å². The van der Waals surface area contributed by atoms with Gasteiger partial charge in [-0.3, -0.25) is 4.57 Å². The van der Waals surface area contributed by atoms with Crippen molar-refractivity contribution >= 4 is 86.2 Å². The molecule has 0 amide bonds. The van der Waals surface area contributed by atoms with Gasteiger partial charge in [-0.05, 0) is 47.2 Å². The van der Waals surface area contributed by atoms with Gasteiger partial charge in [-0.1, -0.05) is 91.0 Å². The van der Waals surface area contributed by atoms with Crippen LogP contribution in [-0.4, -0.2) is 14.5 Å². The lowest BCUT2D eigenvalue weighted by Crippen LogP contribution is -2.02. The maximum Gasteiger partial charge on any atom is 0.236 e. The molecule has 0 radical (unpaired) electrons. The summed E-state index contributed by atoms with van der Waals surface area (Å²) in [4.78, 5) is 11.7. The van der Waals surface area contributed by atoms with E-state index in [1.165, 1.54) is 26.2 Å². The minimum atomic E-state index is 0.674. The van der Waals surface area contributed by atoms with Gasteiger partial charge in [0.25, 0.3) is 0 Å². The Morgan fingerprint density at radius 3 is 2.05 bits per heavy atom. The van der Waals surface area contributed by atoms with Crippen LogP contribution >= 0.6 is 11.3 Å². The van der Waals surface area contributed by atoms with Crippen LogP contribution in [0.3, 0.4) is 0 Å². The monoisotopic (exact) mass is 567 g/mol. The van der Waals surface area contributed by atoms with Crippen LogP contribution in [0, 0.1) is 0 Å². The average Bonchev–Trinajstić information content (AvgIpc) is 3.73. The third kappa shape index (κ3) is 3.20. The van der Waals surface area contributed by atoms with Crippen LogP contribution in [0.5, 0.6) is 0 Å². The van der Waals surface area contributed by atoms with Crippen molar-refractivity contribution in [1.29, 1.82) is 0 Å². The molecule has 0 bridgehead atoms. The molecule has 200 valence electrons. The third-order valence-electron chi connectivity index (χ3n) is 8.63. The van der Waals surface area contributed by atoms with Crippen molar-refractivity contribution in [1.82, 2.24) is 14.5 Å². The van der Waals surface area contributed by atoms with Gasteiger partial charge in [0.05, 0.1) is 16.7 Å². The van der Waals surface area contributed by atoms with Crippen molar-refractivity contribution in [3.8, 4) is 17.2 Å². The van der Waals surface area contributed by atoms with Gasteiger partial charge in [0, 0.05) is 42.6 Å². The Hall–Kier alpha value is -5.52. The quantitative estimate of drug-likeness (QED) is 0.209. The van der Waals surface area contributed by atoms with Crippen LogP contribution in [0.4, 0.5) is 0 Å². The average molecular weight is 568 g/mol. The Morgan fingerprint density at radius 2 is 1.23 bits per heavy atom. The van der Waals surface area contributed by atoms with Gasteiger partial charge < -0.3 is 4.42 Å². The zero-order chi connectivity index (χ0) is 28.1. The molecule has 43 heavy (non-hydrogen) atoms. The molecule has 0 spiro atoms. The maximum absolute atomic E-state index is 6.27. The predicted molar refractivity (Wildman–Crippen MR) is 179 cm³/mol. The van der Waals surface area contributed by atoms with Gasteiger partial charge >= 0.3 is 0 Å². The van der Waals surface area contributed by atoms with Crippen LogP contribution in [0.1, 0.15) is 0 Å². The van der Waals surface area contributed by atoms with E-state index in [1.54, 1.807) is 11.3 Å². The number of rotatable bonds is 2. The van der Waals surface area contributed by atoms with E-state index in [1.807, 2.05) is 12.1 Å². The van der Waals surface area contributed by atoms with Crippen LogP contribution < -0.4 is 0 Å². The van der Waals surface area contributed by atoms with E-state index < -0.39 is 0 Å². The fraction of sp³-hybridized carbons (Fsp3) is 0. The molecular weight excluding hydrogens is 547 g/mol. The summed E-state index contributed by atoms with van der Waals surface area (Å²) < 4.78 is 9.65. The summed E-state index contributed by atoms with van der Waals surface area (Å²) in [6.07, 6.45) is 0. The van der Waals surface area contributed by atoms with Crippen molar-refractivity contribution in [3.05, 3.63) is 127 Å². The summed E-state index contributed by atoms with van der Waals surface area (Å²) in [5.74, 6) is 0.674. The molecule has 0 fully saturated rings. The minimum Gasteiger partial charge on any atom is -0.456 e. The molecule has 0 N–H and O–H groups in total. The Kier molecular flexibility index (Phi) is 4.57. The summed E-state index contributed by atoms with van der Waals surface area (Å²) in [5.41, 5.74) is 5.99. The lowest BCUT2D eigenvalue weighted by molar-refractivity contribution is 0.669. The molecule has 4 nitrogen and oxygen atoms in total. The Labute approximate surface area is 249 Å². The molecule has 10 rings (SSSR count). The van der Waals surface area contributed by atoms with Gasteiger partial charge in [0.15, 0.2) is 0 Å². The van der Waals surface area contributed by atoms with Crippen LogP contribution in [0.15, 0.2) is 132 Å². The number of fused-ring (bicyclic) bond motifs is 11. The topological polar surface area (TPSA) is 43.9 Å². The summed E-state index contributed by atoms with van der Waals surface area (Å²) in [6.45, 7) is 0. The molecule has 4 heterocycles. The van der Waals surface area contributed by atoms with Crippen molar-refractivity contribution in [2.75, 3.05) is 0 Å². The lowest BCUT2D eigenvalue weighted by atomic mass is 10.0. The molecule has 6 aromatic carbocycles. The summed E-state index contributed by atoms with van der Waals surface area (Å²) in [6, 6.07) is 44.7. The molecule has 4 aromatic heterocycles. The molecule has 0 atom stereocenters. The second-order valence-corrected chi connectivity index (χ2v) is 12.0. The molecule has 0 unspecified atom stereocenters. The molecule has 0 saturated heterocycles. The summed E-state index contributed by atoms with van der Waals surface area (Å²) >= 11 is 1.72. The van der Waals surface area contributed by atoms with Crippen LogP contribution in [0.2, 0.25) is 0 Å². The number of aromatic nitrogens is 3. The molecule has 5 heteroatoms. The lowest BCUT2D eigenvalue weighted by Gasteiger charge is -2.11. The Bertz CT molecular complexity index is 2690. The highest BCUT2D eigenvalue weighted by Crippen LogP contribution is 2.45. The van der Waals surface area contributed by atoms with Gasteiger partial charge in [0.2, 0.25) is 5.95 Å². The van der Waals surface area contributed by atoms with Gasteiger partial charge in [-0.15, -0.1) is 11.3 Å². The van der Waals surface area contributed by atoms with E-state index in [0.29, 0.717) is 5.95 Å². The van der Waals surface area contributed by atoms with Crippen molar-refractivity contribution in [2.24, 2.45) is 0 Å². The molecule has 0 aliphatic heterocycles. The fourth-order valence-corrected chi connectivity index (χ4v) is 7.94. The van der Waals surface area contributed by atoms with Crippen molar-refractivity contribution in [2.45, 2.75) is 0 Å². The van der Waals surface area contributed by atoms with E-state index in [4.69, 9.17) is 14.4 Å². The molecule has 0 aliphatic rings. The first kappa shape index (κ1) is 23.1. The van der Waals surface area contributed by atoms with E-state index >= 15 is 0 Å². The molecular formula is C38H21N3OS. The highest BCUT2D eigenvalue weighted by atomic mass is 32.1. The highest BCUT2D eigenvalue weighted by molar-refractivity contribution is 7.26. The highest BCUT2D eigenvalue weighted by Gasteiger charge is 2.22. The number of para-hydroxylation sites is 3. The number of hydrogen-bond acceptors (Lipinski definition) is 4. The first-order valence-corrected chi connectivity index (χ1v) is 15.2. The predicted octanol–water partition coefficient (Wildman–Crippen LogP) is 10.7. The zero-order valence-electron chi connectivity index (χ0n) is 22.8. The SMILES string of the molecule is c1ccc2cc(-c3nc(-n4c5ccccc5c5ccccc54)nc4sc5c(ccc6oc7ccccc7c65)c34)ccc2c1. The molecule has 10 aromatic rings. The number of furan rings is 1. The van der Waals surface area contributed by atoms with E-state index in [0.717, 1.165) is 59.8 Å². The zero-order valence-corrected chi connectivity index (χ0v) is 23.6. The number of thiophene rings is 1. The van der Waals surface area contributed by atoms with Crippen LogP contribution in [-0.2, 0) is 0 Å². The number of nitrogens with zero attached hydrogens (tertiary/aromatic N) is 3. The summed E-state index contributed by atoms with van der Waals surface area (Å²) in [7, 11) is 0. The first-order chi connectivity index (χ1) is 21.3. The Morgan fingerprint density at radius 1 is 0.535 bits per heavy atom. The van der Waals surface area contributed by atoms with Crippen LogP contribution in [0.25, 0.3) is 92.0 Å². The largest absolute Gasteiger partial charge is 0.456 e. The minimum absolute atomic E-state index is 0.674. The normalized spacial score (nSPS) is 12.2. The van der Waals surface area contributed by atoms with E-state index in [-0.39, 0.29) is 0 Å². The standard InChI is InChI=1S/C38H21N3OS/c1-2-10-23-21-24(18-17-22(23)9-1)35-34-28-19-20-32-33(27-13-5-8-16-31(27)42-32)36(28)43-37(34)40-38(39-35)41-29-14-6-3-11-25(29)26-12-4-7-15-30(26)41/h1-21H. The summed E-state index contributed by atoms with van der Waals surface area (Å²) in [5, 5.41) is 9.27. The van der Waals surface area contributed by atoms with Gasteiger partial charge in [0.1, 0.15) is 16.0 Å². The molecule has 0 saturated carbocycles.